The molecule has 4 aliphatic carbocycles. The van der Waals surface area contributed by atoms with Gasteiger partial charge in [-0.2, -0.15) is 13.2 Å². The number of halogens is 3. The Bertz CT molecular complexity index is 597. The predicted octanol–water partition coefficient (Wildman–Crippen LogP) is 7.24. The Kier molecular flexibility index (Phi) is 5.32. The average molecular weight is 381 g/mol. The van der Waals surface area contributed by atoms with Crippen molar-refractivity contribution in [2.75, 3.05) is 0 Å². The number of hydrogen-bond acceptors (Lipinski definition) is 0. The fraction of sp³-hybridized carbons (Fsp3) is 0.917. The second-order valence-electron chi connectivity index (χ2n) is 10.3. The predicted molar refractivity (Wildman–Crippen MR) is 103 cm³/mol. The van der Waals surface area contributed by atoms with Crippen molar-refractivity contribution in [3.05, 3.63) is 0 Å². The van der Waals surface area contributed by atoms with Crippen LogP contribution in [0.2, 0.25) is 0 Å². The molecular weight excluding hydrogens is 345 g/mol. The maximum atomic E-state index is 13.2. The zero-order valence-corrected chi connectivity index (χ0v) is 17.0. The van der Waals surface area contributed by atoms with E-state index >= 15 is 0 Å². The highest BCUT2D eigenvalue weighted by Crippen LogP contribution is 2.65. The lowest BCUT2D eigenvalue weighted by molar-refractivity contribution is -0.196. The van der Waals surface area contributed by atoms with E-state index in [-0.39, 0.29) is 0 Å². The number of rotatable bonds is 2. The van der Waals surface area contributed by atoms with Gasteiger partial charge in [0.2, 0.25) is 0 Å². The van der Waals surface area contributed by atoms with Gasteiger partial charge in [0, 0.05) is 6.42 Å². The van der Waals surface area contributed by atoms with Crippen molar-refractivity contribution in [2.24, 2.45) is 46.8 Å². The fourth-order valence-corrected chi connectivity index (χ4v) is 8.10. The fourth-order valence-electron chi connectivity index (χ4n) is 8.10. The van der Waals surface area contributed by atoms with Crippen LogP contribution in [0.25, 0.3) is 0 Å². The zero-order valence-electron chi connectivity index (χ0n) is 17.0. The topological polar surface area (TPSA) is 0 Å². The summed E-state index contributed by atoms with van der Waals surface area (Å²) in [6.45, 7) is 4.47. The van der Waals surface area contributed by atoms with Crippen molar-refractivity contribution < 1.29 is 13.2 Å². The van der Waals surface area contributed by atoms with Crippen LogP contribution in [0.4, 0.5) is 13.2 Å². The van der Waals surface area contributed by atoms with E-state index in [2.05, 4.69) is 18.8 Å². The smallest absolute Gasteiger partial charge is 0.171 e. The Morgan fingerprint density at radius 1 is 0.926 bits per heavy atom. The molecule has 0 aliphatic heterocycles. The van der Waals surface area contributed by atoms with Gasteiger partial charge in [-0.1, -0.05) is 6.92 Å². The minimum absolute atomic E-state index is 0.341. The van der Waals surface area contributed by atoms with Crippen molar-refractivity contribution in [3.63, 3.8) is 0 Å². The molecule has 4 saturated carbocycles. The van der Waals surface area contributed by atoms with E-state index in [1.54, 1.807) is 0 Å². The molecule has 152 valence electrons. The van der Waals surface area contributed by atoms with Gasteiger partial charge >= 0.3 is 6.18 Å². The summed E-state index contributed by atoms with van der Waals surface area (Å²) in [7, 11) is 0. The molecule has 0 bridgehead atoms. The molecule has 8 atom stereocenters. The van der Waals surface area contributed by atoms with E-state index in [4.69, 9.17) is 0 Å². The number of fused-ring (bicyclic) bond motifs is 5. The maximum absolute atomic E-state index is 13.2. The average Bonchev–Trinajstić information content (AvgIpc) is 2.97. The van der Waals surface area contributed by atoms with Crippen LogP contribution in [0.1, 0.15) is 84.5 Å². The quantitative estimate of drug-likeness (QED) is 0.443. The van der Waals surface area contributed by atoms with Crippen LogP contribution >= 0.6 is 0 Å². The van der Waals surface area contributed by atoms with Crippen LogP contribution in [0.5, 0.6) is 0 Å². The first-order chi connectivity index (χ1) is 12.8. The third kappa shape index (κ3) is 3.44. The molecule has 0 radical (unpaired) electrons. The lowest BCUT2D eigenvalue weighted by Gasteiger charge is -2.56. The van der Waals surface area contributed by atoms with Crippen molar-refractivity contribution >= 4 is 0 Å². The molecule has 6 unspecified atom stereocenters. The first-order valence-electron chi connectivity index (χ1n) is 11.3. The molecular formula is C24H35F3. The third-order valence-electron chi connectivity index (χ3n) is 9.41. The highest BCUT2D eigenvalue weighted by Gasteiger charge is 2.57. The van der Waals surface area contributed by atoms with Crippen molar-refractivity contribution in [1.29, 1.82) is 0 Å². The summed E-state index contributed by atoms with van der Waals surface area (Å²) in [4.78, 5) is 0. The summed E-state index contributed by atoms with van der Waals surface area (Å²) >= 11 is 0. The monoisotopic (exact) mass is 380 g/mol. The number of hydrogen-bond donors (Lipinski definition) is 0. The van der Waals surface area contributed by atoms with E-state index < -0.39 is 12.1 Å². The summed E-state index contributed by atoms with van der Waals surface area (Å²) < 4.78 is 39.7. The molecule has 0 aromatic rings. The summed E-state index contributed by atoms with van der Waals surface area (Å²) in [5.41, 5.74) is 0.465. The standard InChI is InChI=1S/C24H35F3/c1-3-4-5-6-17-9-12-22-21-10-7-16-15-18(24(25,26)27)8-11-19(16)20(21)13-14-23(17,22)2/h16-22H,5-15H2,1-2H3/t16?,17?,18-,19-,20?,21?,22?,23?/m0/s1. The Hall–Kier alpha value is -0.650. The van der Waals surface area contributed by atoms with E-state index in [0.717, 1.165) is 37.0 Å². The molecule has 27 heavy (non-hydrogen) atoms. The Labute approximate surface area is 163 Å². The van der Waals surface area contributed by atoms with Gasteiger partial charge < -0.3 is 0 Å². The summed E-state index contributed by atoms with van der Waals surface area (Å²) in [5, 5.41) is 0. The lowest BCUT2D eigenvalue weighted by Crippen LogP contribution is -2.49. The van der Waals surface area contributed by atoms with E-state index in [9.17, 15) is 13.2 Å². The van der Waals surface area contributed by atoms with Crippen molar-refractivity contribution in [3.8, 4) is 11.8 Å². The molecule has 0 aromatic heterocycles. The minimum Gasteiger partial charge on any atom is -0.171 e. The first-order valence-corrected chi connectivity index (χ1v) is 11.3. The van der Waals surface area contributed by atoms with Crippen LogP contribution in [-0.4, -0.2) is 6.18 Å². The molecule has 0 nitrogen and oxygen atoms in total. The maximum Gasteiger partial charge on any atom is 0.391 e. The molecule has 0 spiro atoms. The highest BCUT2D eigenvalue weighted by atomic mass is 19.4. The van der Waals surface area contributed by atoms with Crippen molar-refractivity contribution in [1.82, 2.24) is 0 Å². The van der Waals surface area contributed by atoms with Crippen LogP contribution in [0, 0.1) is 58.7 Å². The minimum atomic E-state index is -3.98. The van der Waals surface area contributed by atoms with Gasteiger partial charge in [0.15, 0.2) is 0 Å². The second-order valence-corrected chi connectivity index (χ2v) is 10.3. The molecule has 3 heteroatoms. The van der Waals surface area contributed by atoms with Crippen LogP contribution in [-0.2, 0) is 0 Å². The molecule has 0 saturated heterocycles. The van der Waals surface area contributed by atoms with Gasteiger partial charge in [0.05, 0.1) is 5.92 Å². The Morgan fingerprint density at radius 3 is 2.44 bits per heavy atom. The molecule has 0 amide bonds. The molecule has 4 fully saturated rings. The largest absolute Gasteiger partial charge is 0.391 e. The lowest BCUT2D eigenvalue weighted by atomic mass is 9.49. The third-order valence-corrected chi connectivity index (χ3v) is 9.41. The Balaban J connectivity index is 1.45. The van der Waals surface area contributed by atoms with Crippen LogP contribution < -0.4 is 0 Å². The molecule has 0 heterocycles. The summed E-state index contributed by atoms with van der Waals surface area (Å²) in [6.07, 6.45) is 7.43. The van der Waals surface area contributed by atoms with Crippen molar-refractivity contribution in [2.45, 2.75) is 90.7 Å². The van der Waals surface area contributed by atoms with Gasteiger partial charge in [-0.3, -0.25) is 0 Å². The first kappa shape index (κ1) is 19.7. The zero-order chi connectivity index (χ0) is 19.2. The molecule has 4 aliphatic rings. The van der Waals surface area contributed by atoms with E-state index in [1.807, 2.05) is 6.92 Å². The van der Waals surface area contributed by atoms with Gasteiger partial charge in [-0.25, -0.2) is 0 Å². The van der Waals surface area contributed by atoms with Gasteiger partial charge in [0.25, 0.3) is 0 Å². The molecule has 0 N–H and O–H groups in total. The van der Waals surface area contributed by atoms with E-state index in [0.29, 0.717) is 36.0 Å². The van der Waals surface area contributed by atoms with E-state index in [1.165, 1.54) is 38.5 Å². The molecule has 4 rings (SSSR count). The van der Waals surface area contributed by atoms with Crippen LogP contribution in [0.15, 0.2) is 0 Å². The van der Waals surface area contributed by atoms with Crippen LogP contribution in [0.3, 0.4) is 0 Å². The second kappa shape index (κ2) is 7.31. The Morgan fingerprint density at radius 2 is 1.70 bits per heavy atom. The summed E-state index contributed by atoms with van der Waals surface area (Å²) in [5.74, 6) is 9.31. The molecule has 0 aromatic carbocycles. The number of alkyl halides is 3. The van der Waals surface area contributed by atoms with Gasteiger partial charge in [0.1, 0.15) is 0 Å². The summed E-state index contributed by atoms with van der Waals surface area (Å²) in [6, 6.07) is 0. The normalized spacial score (nSPS) is 46.6. The highest BCUT2D eigenvalue weighted by molar-refractivity contribution is 5.07. The van der Waals surface area contributed by atoms with Gasteiger partial charge in [-0.05, 0) is 112 Å². The van der Waals surface area contributed by atoms with Gasteiger partial charge in [-0.15, -0.1) is 11.8 Å². The SMILES string of the molecule is CC#CCCC1CCC2C3CCC4C[C@@H](C(F)(F)F)CC[C@@H]4C3CCC12C.